The van der Waals surface area contributed by atoms with Crippen LogP contribution in [0.25, 0.3) is 0 Å². The van der Waals surface area contributed by atoms with Crippen LogP contribution in [-0.2, 0) is 5.54 Å². The molecule has 0 radical (unpaired) electrons. The van der Waals surface area contributed by atoms with Crippen LogP contribution in [0.3, 0.4) is 0 Å². The summed E-state index contributed by atoms with van der Waals surface area (Å²) in [5, 5.41) is 0. The molecule has 2 nitrogen and oxygen atoms in total. The average molecular weight is 247 g/mol. The van der Waals surface area contributed by atoms with Gasteiger partial charge in [0.2, 0.25) is 0 Å². The number of methoxy groups -OCH3 is 1. The Morgan fingerprint density at radius 1 is 1.22 bits per heavy atom. The average Bonchev–Trinajstić information content (AvgIpc) is 2.26. The van der Waals surface area contributed by atoms with Crippen molar-refractivity contribution in [2.45, 2.75) is 45.6 Å². The molecule has 2 atom stereocenters. The molecular weight excluding hydrogens is 222 g/mol. The Labute approximate surface area is 111 Å². The van der Waals surface area contributed by atoms with Crippen LogP contribution in [0, 0.1) is 18.8 Å². The van der Waals surface area contributed by atoms with E-state index in [1.165, 1.54) is 17.5 Å². The molecule has 0 aliphatic heterocycles. The number of aryl methyl sites for hydroxylation is 1. The zero-order chi connectivity index (χ0) is 13.3. The van der Waals surface area contributed by atoms with Crippen molar-refractivity contribution < 1.29 is 4.74 Å². The smallest absolute Gasteiger partial charge is 0.119 e. The third-order valence-corrected chi connectivity index (χ3v) is 4.20. The molecule has 18 heavy (non-hydrogen) atoms. The summed E-state index contributed by atoms with van der Waals surface area (Å²) in [4.78, 5) is 0. The highest BCUT2D eigenvalue weighted by molar-refractivity contribution is 5.39. The Morgan fingerprint density at radius 3 is 2.33 bits per heavy atom. The summed E-state index contributed by atoms with van der Waals surface area (Å²) < 4.78 is 5.27. The fourth-order valence-corrected chi connectivity index (χ4v) is 3.72. The van der Waals surface area contributed by atoms with Crippen LogP contribution in [0.5, 0.6) is 5.75 Å². The maximum atomic E-state index is 6.71. The molecule has 2 heteroatoms. The highest BCUT2D eigenvalue weighted by Crippen LogP contribution is 2.42. The summed E-state index contributed by atoms with van der Waals surface area (Å²) >= 11 is 0. The van der Waals surface area contributed by atoms with Crippen LogP contribution in [0.2, 0.25) is 0 Å². The molecule has 0 amide bonds. The molecule has 1 aliphatic carbocycles. The number of benzene rings is 1. The lowest BCUT2D eigenvalue weighted by Gasteiger charge is -2.41. The van der Waals surface area contributed by atoms with E-state index in [1.54, 1.807) is 7.11 Å². The Bertz CT molecular complexity index is 417. The largest absolute Gasteiger partial charge is 0.497 e. The van der Waals surface area contributed by atoms with Crippen LogP contribution in [-0.4, -0.2) is 7.11 Å². The predicted molar refractivity (Wildman–Crippen MR) is 75.8 cm³/mol. The fourth-order valence-electron chi connectivity index (χ4n) is 3.72. The summed E-state index contributed by atoms with van der Waals surface area (Å²) in [6.45, 7) is 6.77. The Hall–Kier alpha value is -1.02. The van der Waals surface area contributed by atoms with Crippen LogP contribution in [0.4, 0.5) is 0 Å². The molecule has 0 heterocycles. The van der Waals surface area contributed by atoms with Gasteiger partial charge in [0.1, 0.15) is 5.75 Å². The van der Waals surface area contributed by atoms with E-state index >= 15 is 0 Å². The van der Waals surface area contributed by atoms with Gasteiger partial charge in [0.15, 0.2) is 0 Å². The second-order valence-corrected chi connectivity index (χ2v) is 6.19. The number of rotatable bonds is 2. The SMILES string of the molecule is COc1ccc(C2(N)CC(C)CC(C)C2)c(C)c1. The minimum atomic E-state index is -0.159. The second kappa shape index (κ2) is 4.93. The van der Waals surface area contributed by atoms with E-state index in [9.17, 15) is 0 Å². The van der Waals surface area contributed by atoms with Gasteiger partial charge in [0.05, 0.1) is 7.11 Å². The van der Waals surface area contributed by atoms with Crippen molar-refractivity contribution in [3.63, 3.8) is 0 Å². The molecular formula is C16H25NO. The van der Waals surface area contributed by atoms with Crippen LogP contribution < -0.4 is 10.5 Å². The van der Waals surface area contributed by atoms with Gasteiger partial charge in [-0.2, -0.15) is 0 Å². The minimum Gasteiger partial charge on any atom is -0.497 e. The van der Waals surface area contributed by atoms with Crippen molar-refractivity contribution in [2.75, 3.05) is 7.11 Å². The maximum Gasteiger partial charge on any atom is 0.119 e. The third-order valence-electron chi connectivity index (χ3n) is 4.20. The summed E-state index contributed by atoms with van der Waals surface area (Å²) in [6, 6.07) is 6.27. The van der Waals surface area contributed by atoms with E-state index in [2.05, 4.69) is 32.9 Å². The van der Waals surface area contributed by atoms with Crippen molar-refractivity contribution >= 4 is 0 Å². The van der Waals surface area contributed by atoms with Crippen LogP contribution in [0.1, 0.15) is 44.2 Å². The van der Waals surface area contributed by atoms with Gasteiger partial charge < -0.3 is 10.5 Å². The molecule has 1 aromatic carbocycles. The zero-order valence-electron chi connectivity index (χ0n) is 12.0. The normalized spacial score (nSPS) is 32.3. The zero-order valence-corrected chi connectivity index (χ0v) is 12.0. The van der Waals surface area contributed by atoms with Crippen molar-refractivity contribution in [1.29, 1.82) is 0 Å². The van der Waals surface area contributed by atoms with Crippen molar-refractivity contribution in [2.24, 2.45) is 17.6 Å². The molecule has 1 saturated carbocycles. The van der Waals surface area contributed by atoms with Gasteiger partial charge in [-0.05, 0) is 61.3 Å². The van der Waals surface area contributed by atoms with E-state index in [-0.39, 0.29) is 5.54 Å². The van der Waals surface area contributed by atoms with Gasteiger partial charge in [0.25, 0.3) is 0 Å². The molecule has 0 spiro atoms. The molecule has 0 saturated heterocycles. The van der Waals surface area contributed by atoms with Crippen molar-refractivity contribution in [3.05, 3.63) is 29.3 Å². The molecule has 2 N–H and O–H groups in total. The summed E-state index contributed by atoms with van der Waals surface area (Å²) in [6.07, 6.45) is 3.48. The monoisotopic (exact) mass is 247 g/mol. The first-order valence-corrected chi connectivity index (χ1v) is 6.88. The van der Waals surface area contributed by atoms with Gasteiger partial charge in [-0.3, -0.25) is 0 Å². The van der Waals surface area contributed by atoms with E-state index in [4.69, 9.17) is 10.5 Å². The predicted octanol–water partition coefficient (Wildman–Crippen LogP) is 3.61. The van der Waals surface area contributed by atoms with Gasteiger partial charge in [-0.15, -0.1) is 0 Å². The molecule has 1 aromatic rings. The maximum absolute atomic E-state index is 6.71. The summed E-state index contributed by atoms with van der Waals surface area (Å²) in [5.41, 5.74) is 9.09. The Balaban J connectivity index is 2.34. The second-order valence-electron chi connectivity index (χ2n) is 6.19. The first-order chi connectivity index (χ1) is 8.44. The molecule has 1 fully saturated rings. The first kappa shape index (κ1) is 13.4. The highest BCUT2D eigenvalue weighted by Gasteiger charge is 2.36. The molecule has 2 rings (SSSR count). The van der Waals surface area contributed by atoms with Gasteiger partial charge in [0, 0.05) is 5.54 Å². The van der Waals surface area contributed by atoms with Gasteiger partial charge in [-0.1, -0.05) is 19.9 Å². The third kappa shape index (κ3) is 2.54. The molecule has 0 bridgehead atoms. The first-order valence-electron chi connectivity index (χ1n) is 6.88. The highest BCUT2D eigenvalue weighted by atomic mass is 16.5. The summed E-state index contributed by atoms with van der Waals surface area (Å²) in [5.74, 6) is 2.33. The van der Waals surface area contributed by atoms with Crippen molar-refractivity contribution in [3.8, 4) is 5.75 Å². The van der Waals surface area contributed by atoms with Crippen LogP contribution >= 0.6 is 0 Å². The van der Waals surface area contributed by atoms with E-state index in [0.29, 0.717) is 11.8 Å². The minimum absolute atomic E-state index is 0.159. The van der Waals surface area contributed by atoms with Crippen molar-refractivity contribution in [1.82, 2.24) is 0 Å². The molecule has 0 aromatic heterocycles. The number of hydrogen-bond acceptors (Lipinski definition) is 2. The van der Waals surface area contributed by atoms with E-state index < -0.39 is 0 Å². The summed E-state index contributed by atoms with van der Waals surface area (Å²) in [7, 11) is 1.71. The number of hydrogen-bond donors (Lipinski definition) is 1. The lowest BCUT2D eigenvalue weighted by atomic mass is 9.68. The number of ether oxygens (including phenoxy) is 1. The molecule has 1 aliphatic rings. The lowest BCUT2D eigenvalue weighted by Crippen LogP contribution is -2.44. The van der Waals surface area contributed by atoms with E-state index in [1.807, 2.05) is 6.07 Å². The van der Waals surface area contributed by atoms with Gasteiger partial charge in [-0.25, -0.2) is 0 Å². The number of nitrogens with two attached hydrogens (primary N) is 1. The Kier molecular flexibility index (Phi) is 3.67. The standard InChI is InChI=1S/C16H25NO/c1-11-7-12(2)10-16(17,9-11)15-6-5-14(18-4)8-13(15)3/h5-6,8,11-12H,7,9-10,17H2,1-4H3. The van der Waals surface area contributed by atoms with Gasteiger partial charge >= 0.3 is 0 Å². The lowest BCUT2D eigenvalue weighted by molar-refractivity contribution is 0.183. The van der Waals surface area contributed by atoms with Crippen LogP contribution in [0.15, 0.2) is 18.2 Å². The molecule has 2 unspecified atom stereocenters. The quantitative estimate of drug-likeness (QED) is 0.866. The van der Waals surface area contributed by atoms with E-state index in [0.717, 1.165) is 18.6 Å². The Morgan fingerprint density at radius 2 is 1.83 bits per heavy atom. The topological polar surface area (TPSA) is 35.2 Å². The molecule has 100 valence electrons. The fraction of sp³-hybridized carbons (Fsp3) is 0.625.